The fourth-order valence-electron chi connectivity index (χ4n) is 2.06. The van der Waals surface area contributed by atoms with E-state index < -0.39 is 0 Å². The molecule has 0 spiro atoms. The molecule has 0 aliphatic carbocycles. The summed E-state index contributed by atoms with van der Waals surface area (Å²) in [7, 11) is 0. The molecule has 0 fully saturated rings. The number of rotatable bonds is 3. The lowest BCUT2D eigenvalue weighted by Crippen LogP contribution is -1.97. The van der Waals surface area contributed by atoms with Crippen LogP contribution in [0, 0.1) is 11.3 Å². The minimum Gasteiger partial charge on any atom is -0.487 e. The summed E-state index contributed by atoms with van der Waals surface area (Å²) in [6, 6.07) is 15.4. The molecule has 20 heavy (non-hydrogen) atoms. The Bertz CT molecular complexity index is 802. The number of fused-ring (bicyclic) bond motifs is 1. The van der Waals surface area contributed by atoms with Crippen molar-refractivity contribution in [2.24, 2.45) is 0 Å². The van der Waals surface area contributed by atoms with Crippen LogP contribution in [0.3, 0.4) is 0 Å². The lowest BCUT2D eigenvalue weighted by atomic mass is 10.2. The van der Waals surface area contributed by atoms with Gasteiger partial charge in [0.2, 0.25) is 0 Å². The highest BCUT2D eigenvalue weighted by molar-refractivity contribution is 7.17. The van der Waals surface area contributed by atoms with Crippen LogP contribution in [0.4, 0.5) is 5.69 Å². The molecule has 3 rings (SSSR count). The van der Waals surface area contributed by atoms with Crippen molar-refractivity contribution in [3.05, 3.63) is 59.0 Å². The van der Waals surface area contributed by atoms with Crippen LogP contribution in [-0.2, 0) is 6.61 Å². The summed E-state index contributed by atoms with van der Waals surface area (Å²) >= 11 is 1.70. The van der Waals surface area contributed by atoms with Gasteiger partial charge in [-0.2, -0.15) is 5.26 Å². The molecular formula is C16H12N2OS. The molecule has 3 aromatic rings. The van der Waals surface area contributed by atoms with Crippen LogP contribution in [0.15, 0.2) is 47.8 Å². The lowest BCUT2D eigenvalue weighted by molar-refractivity contribution is 0.307. The summed E-state index contributed by atoms with van der Waals surface area (Å²) < 4.78 is 7.00. The van der Waals surface area contributed by atoms with Crippen LogP contribution in [0.2, 0.25) is 0 Å². The van der Waals surface area contributed by atoms with Gasteiger partial charge >= 0.3 is 0 Å². The summed E-state index contributed by atoms with van der Waals surface area (Å²) in [5.41, 5.74) is 7.82. The van der Waals surface area contributed by atoms with E-state index in [9.17, 15) is 0 Å². The van der Waals surface area contributed by atoms with Crippen molar-refractivity contribution in [3.8, 4) is 11.8 Å². The summed E-state index contributed by atoms with van der Waals surface area (Å²) in [4.78, 5) is 0. The molecule has 0 atom stereocenters. The Morgan fingerprint density at radius 2 is 2.05 bits per heavy atom. The number of nitrogens with zero attached hydrogens (tertiary/aromatic N) is 1. The van der Waals surface area contributed by atoms with E-state index in [1.165, 1.54) is 10.1 Å². The number of ether oxygens (including phenoxy) is 1. The molecule has 0 saturated carbocycles. The Balaban J connectivity index is 1.85. The number of hydrogen-bond donors (Lipinski definition) is 1. The minimum atomic E-state index is 0.447. The second-order valence-corrected chi connectivity index (χ2v) is 5.32. The van der Waals surface area contributed by atoms with Crippen LogP contribution in [0.25, 0.3) is 10.1 Å². The standard InChI is InChI=1S/C16H12N2OS/c17-8-11-7-13(18)5-6-15(11)19-9-12-10-20-16-4-2-1-3-14(12)16/h1-7,10H,9,18H2. The van der Waals surface area contributed by atoms with E-state index in [4.69, 9.17) is 15.7 Å². The number of anilines is 1. The monoisotopic (exact) mass is 280 g/mol. The number of nitrogen functional groups attached to an aromatic ring is 1. The molecule has 1 heterocycles. The van der Waals surface area contributed by atoms with E-state index >= 15 is 0 Å². The van der Waals surface area contributed by atoms with E-state index in [0.29, 0.717) is 23.6 Å². The zero-order valence-electron chi connectivity index (χ0n) is 10.7. The van der Waals surface area contributed by atoms with Gasteiger partial charge in [0, 0.05) is 16.0 Å². The maximum absolute atomic E-state index is 9.09. The molecule has 3 nitrogen and oxygen atoms in total. The van der Waals surface area contributed by atoms with Gasteiger partial charge < -0.3 is 10.5 Å². The molecule has 2 N–H and O–H groups in total. The molecule has 2 aromatic carbocycles. The van der Waals surface area contributed by atoms with Gasteiger partial charge in [0.1, 0.15) is 18.4 Å². The maximum atomic E-state index is 9.09. The zero-order chi connectivity index (χ0) is 13.9. The first-order valence-corrected chi connectivity index (χ1v) is 7.03. The largest absolute Gasteiger partial charge is 0.487 e. The number of hydrogen-bond acceptors (Lipinski definition) is 4. The summed E-state index contributed by atoms with van der Waals surface area (Å²) in [5, 5.41) is 12.4. The van der Waals surface area contributed by atoms with E-state index in [1.807, 2.05) is 12.1 Å². The van der Waals surface area contributed by atoms with Crippen molar-refractivity contribution in [2.45, 2.75) is 6.61 Å². The highest BCUT2D eigenvalue weighted by Gasteiger charge is 2.07. The van der Waals surface area contributed by atoms with E-state index in [1.54, 1.807) is 29.5 Å². The second-order valence-electron chi connectivity index (χ2n) is 4.41. The van der Waals surface area contributed by atoms with Gasteiger partial charge in [0.25, 0.3) is 0 Å². The number of nitriles is 1. The molecule has 98 valence electrons. The number of benzene rings is 2. The molecule has 0 unspecified atom stereocenters. The van der Waals surface area contributed by atoms with Crippen molar-refractivity contribution in [1.82, 2.24) is 0 Å². The molecule has 0 aliphatic rings. The van der Waals surface area contributed by atoms with Gasteiger partial charge in [-0.05, 0) is 35.0 Å². The van der Waals surface area contributed by atoms with Gasteiger partial charge in [-0.3, -0.25) is 0 Å². The predicted octanol–water partition coefficient (Wildman–Crippen LogP) is 3.93. The SMILES string of the molecule is N#Cc1cc(N)ccc1OCc1csc2ccccc12. The maximum Gasteiger partial charge on any atom is 0.137 e. The Morgan fingerprint density at radius 1 is 1.20 bits per heavy atom. The van der Waals surface area contributed by atoms with E-state index in [2.05, 4.69) is 23.6 Å². The van der Waals surface area contributed by atoms with Crippen LogP contribution in [0.5, 0.6) is 5.75 Å². The first-order valence-electron chi connectivity index (χ1n) is 6.15. The molecule has 0 bridgehead atoms. The van der Waals surface area contributed by atoms with E-state index in [-0.39, 0.29) is 0 Å². The van der Waals surface area contributed by atoms with E-state index in [0.717, 1.165) is 5.56 Å². The normalized spacial score (nSPS) is 10.3. The van der Waals surface area contributed by atoms with Crippen LogP contribution < -0.4 is 10.5 Å². The van der Waals surface area contributed by atoms with Gasteiger partial charge in [0.15, 0.2) is 0 Å². The average Bonchev–Trinajstić information content (AvgIpc) is 2.89. The van der Waals surface area contributed by atoms with Crippen molar-refractivity contribution in [1.29, 1.82) is 5.26 Å². The number of thiophene rings is 1. The second kappa shape index (κ2) is 5.24. The van der Waals surface area contributed by atoms with Crippen molar-refractivity contribution >= 4 is 27.1 Å². The topological polar surface area (TPSA) is 59.0 Å². The van der Waals surface area contributed by atoms with Crippen LogP contribution >= 0.6 is 11.3 Å². The smallest absolute Gasteiger partial charge is 0.137 e. The van der Waals surface area contributed by atoms with Gasteiger partial charge in [0.05, 0.1) is 5.56 Å². The minimum absolute atomic E-state index is 0.447. The Morgan fingerprint density at radius 3 is 2.90 bits per heavy atom. The Labute approximate surface area is 120 Å². The van der Waals surface area contributed by atoms with Gasteiger partial charge in [-0.25, -0.2) is 0 Å². The van der Waals surface area contributed by atoms with Crippen LogP contribution in [0.1, 0.15) is 11.1 Å². The van der Waals surface area contributed by atoms with Crippen molar-refractivity contribution < 1.29 is 4.74 Å². The molecule has 4 heteroatoms. The third-order valence-electron chi connectivity index (χ3n) is 3.07. The summed E-state index contributed by atoms with van der Waals surface area (Å²) in [6.45, 7) is 0.447. The summed E-state index contributed by atoms with van der Waals surface area (Å²) in [5.74, 6) is 0.567. The Hall–Kier alpha value is -2.51. The predicted molar refractivity (Wildman–Crippen MR) is 81.7 cm³/mol. The molecule has 0 amide bonds. The van der Waals surface area contributed by atoms with Gasteiger partial charge in [-0.1, -0.05) is 18.2 Å². The summed E-state index contributed by atoms with van der Waals surface area (Å²) in [6.07, 6.45) is 0. The fraction of sp³-hybridized carbons (Fsp3) is 0.0625. The molecule has 0 aliphatic heterocycles. The molecule has 1 aromatic heterocycles. The highest BCUT2D eigenvalue weighted by atomic mass is 32.1. The molecular weight excluding hydrogens is 268 g/mol. The molecule has 0 radical (unpaired) electrons. The van der Waals surface area contributed by atoms with Crippen molar-refractivity contribution in [2.75, 3.05) is 5.73 Å². The van der Waals surface area contributed by atoms with Crippen molar-refractivity contribution in [3.63, 3.8) is 0 Å². The third kappa shape index (κ3) is 2.31. The molecule has 0 saturated heterocycles. The zero-order valence-corrected chi connectivity index (χ0v) is 11.5. The Kier molecular flexibility index (Phi) is 3.28. The fourth-order valence-corrected chi connectivity index (χ4v) is 3.01. The first kappa shape index (κ1) is 12.5. The highest BCUT2D eigenvalue weighted by Crippen LogP contribution is 2.28. The quantitative estimate of drug-likeness (QED) is 0.739. The first-order chi connectivity index (χ1) is 9.78. The lowest BCUT2D eigenvalue weighted by Gasteiger charge is -2.07. The average molecular weight is 280 g/mol. The van der Waals surface area contributed by atoms with Crippen LogP contribution in [-0.4, -0.2) is 0 Å². The number of nitrogens with two attached hydrogens (primary N) is 1. The van der Waals surface area contributed by atoms with Gasteiger partial charge in [-0.15, -0.1) is 11.3 Å². The third-order valence-corrected chi connectivity index (χ3v) is 4.08.